The van der Waals surface area contributed by atoms with Gasteiger partial charge in [-0.1, -0.05) is 13.3 Å². The van der Waals surface area contributed by atoms with Crippen LogP contribution in [0.4, 0.5) is 11.8 Å². The van der Waals surface area contributed by atoms with Crippen molar-refractivity contribution in [3.8, 4) is 10.6 Å². The molecule has 0 spiro atoms. The molecule has 9 heteroatoms. The van der Waals surface area contributed by atoms with Crippen molar-refractivity contribution in [1.82, 2.24) is 19.9 Å². The third-order valence-electron chi connectivity index (χ3n) is 6.27. The molecule has 1 fully saturated rings. The first-order valence-corrected chi connectivity index (χ1v) is 12.2. The summed E-state index contributed by atoms with van der Waals surface area (Å²) in [6.07, 6.45) is 5.93. The lowest BCUT2D eigenvalue weighted by atomic mass is 10.0. The van der Waals surface area contributed by atoms with Crippen LogP contribution in [0.2, 0.25) is 0 Å². The van der Waals surface area contributed by atoms with Crippen molar-refractivity contribution in [3.63, 3.8) is 0 Å². The van der Waals surface area contributed by atoms with Crippen LogP contribution in [0.1, 0.15) is 50.4 Å². The molecule has 4 rings (SSSR count). The largest absolute Gasteiger partial charge is 0.396 e. The highest BCUT2D eigenvalue weighted by molar-refractivity contribution is 7.21. The fraction of sp³-hybridized carbons (Fsp3) is 0.565. The Bertz CT molecular complexity index is 1070. The van der Waals surface area contributed by atoms with E-state index in [1.54, 1.807) is 11.3 Å². The van der Waals surface area contributed by atoms with Gasteiger partial charge >= 0.3 is 0 Å². The molecular formula is C23H32N6O2S. The SMILES string of the molecule is CC[C@H](CO)CCNc1nc(N[C@H]2CCC[C@H]2O)nc(C)c1-c1nc2c(C)nccc2s1. The maximum Gasteiger partial charge on any atom is 0.225 e. The van der Waals surface area contributed by atoms with Crippen molar-refractivity contribution in [3.05, 3.63) is 23.7 Å². The number of aliphatic hydroxyl groups excluding tert-OH is 2. The highest BCUT2D eigenvalue weighted by atomic mass is 32.1. The van der Waals surface area contributed by atoms with E-state index in [0.717, 1.165) is 70.1 Å². The fourth-order valence-corrected chi connectivity index (χ4v) is 5.31. The number of hydrogen-bond acceptors (Lipinski definition) is 9. The Morgan fingerprint density at radius 1 is 1.19 bits per heavy atom. The lowest BCUT2D eigenvalue weighted by Crippen LogP contribution is -2.29. The van der Waals surface area contributed by atoms with Crippen molar-refractivity contribution in [2.75, 3.05) is 23.8 Å². The van der Waals surface area contributed by atoms with Crippen LogP contribution in [0.3, 0.4) is 0 Å². The zero-order valence-electron chi connectivity index (χ0n) is 18.9. The maximum atomic E-state index is 10.2. The summed E-state index contributed by atoms with van der Waals surface area (Å²) in [7, 11) is 0. The number of aryl methyl sites for hydroxylation is 2. The molecule has 0 radical (unpaired) electrons. The van der Waals surface area contributed by atoms with E-state index in [0.29, 0.717) is 12.5 Å². The third kappa shape index (κ3) is 4.84. The molecule has 1 saturated carbocycles. The first-order valence-electron chi connectivity index (χ1n) is 11.4. The number of aliphatic hydroxyl groups is 2. The summed E-state index contributed by atoms with van der Waals surface area (Å²) in [5, 5.41) is 27.4. The van der Waals surface area contributed by atoms with E-state index in [9.17, 15) is 10.2 Å². The first-order chi connectivity index (χ1) is 15.5. The van der Waals surface area contributed by atoms with Crippen LogP contribution in [-0.4, -0.2) is 55.4 Å². The summed E-state index contributed by atoms with van der Waals surface area (Å²) in [5.41, 5.74) is 3.53. The van der Waals surface area contributed by atoms with Crippen LogP contribution in [0.25, 0.3) is 20.8 Å². The van der Waals surface area contributed by atoms with E-state index in [4.69, 9.17) is 15.0 Å². The van der Waals surface area contributed by atoms with Gasteiger partial charge in [-0.05, 0) is 51.5 Å². The number of fused-ring (bicyclic) bond motifs is 1. The summed E-state index contributed by atoms with van der Waals surface area (Å²) >= 11 is 1.61. The minimum absolute atomic E-state index is 0.0249. The molecule has 3 atom stereocenters. The second-order valence-corrected chi connectivity index (χ2v) is 9.57. The van der Waals surface area contributed by atoms with Gasteiger partial charge in [0, 0.05) is 19.3 Å². The van der Waals surface area contributed by atoms with Gasteiger partial charge < -0.3 is 20.8 Å². The Labute approximate surface area is 192 Å². The van der Waals surface area contributed by atoms with E-state index < -0.39 is 0 Å². The predicted molar refractivity (Wildman–Crippen MR) is 129 cm³/mol. The highest BCUT2D eigenvalue weighted by Gasteiger charge is 2.27. The molecule has 3 aromatic rings. The summed E-state index contributed by atoms with van der Waals surface area (Å²) in [4.78, 5) is 18.7. The van der Waals surface area contributed by atoms with Crippen LogP contribution in [-0.2, 0) is 0 Å². The quantitative estimate of drug-likeness (QED) is 0.383. The molecule has 0 aromatic carbocycles. The van der Waals surface area contributed by atoms with Crippen LogP contribution >= 0.6 is 11.3 Å². The Hall–Kier alpha value is -2.36. The Kier molecular flexibility index (Phi) is 7.17. The lowest BCUT2D eigenvalue weighted by molar-refractivity contribution is 0.171. The minimum atomic E-state index is -0.371. The molecule has 3 aromatic heterocycles. The number of anilines is 2. The summed E-state index contributed by atoms with van der Waals surface area (Å²) < 4.78 is 1.08. The average molecular weight is 457 g/mol. The van der Waals surface area contributed by atoms with Gasteiger partial charge in [-0.3, -0.25) is 4.98 Å². The number of rotatable bonds is 9. The second kappa shape index (κ2) is 10.1. The van der Waals surface area contributed by atoms with Gasteiger partial charge in [-0.25, -0.2) is 9.97 Å². The number of thiazole rings is 1. The van der Waals surface area contributed by atoms with Crippen molar-refractivity contribution < 1.29 is 10.2 Å². The molecule has 3 heterocycles. The van der Waals surface area contributed by atoms with E-state index in [1.165, 1.54) is 0 Å². The zero-order chi connectivity index (χ0) is 22.7. The average Bonchev–Trinajstić information content (AvgIpc) is 3.38. The summed E-state index contributed by atoms with van der Waals surface area (Å²) in [5.74, 6) is 1.51. The van der Waals surface area contributed by atoms with Gasteiger partial charge in [0.05, 0.1) is 33.8 Å². The smallest absolute Gasteiger partial charge is 0.225 e. The number of hydrogen-bond donors (Lipinski definition) is 4. The Morgan fingerprint density at radius 3 is 2.72 bits per heavy atom. The van der Waals surface area contributed by atoms with E-state index >= 15 is 0 Å². The number of aromatic nitrogens is 4. The standard InChI is InChI=1S/C23H32N6O2S/c1-4-15(12-30)8-10-25-21-19(22-28-20-14(3)24-11-9-18(20)32-22)13(2)26-23(29-21)27-16-6-5-7-17(16)31/h9,11,15-17,30-31H,4-8,10,12H2,1-3H3,(H2,25,26,27,29)/t15-,16-,17+/m0/s1. The Morgan fingerprint density at radius 2 is 2.03 bits per heavy atom. The van der Waals surface area contributed by atoms with Crippen molar-refractivity contribution in [2.24, 2.45) is 5.92 Å². The molecule has 0 unspecified atom stereocenters. The second-order valence-electron chi connectivity index (χ2n) is 8.54. The van der Waals surface area contributed by atoms with E-state index in [2.05, 4.69) is 22.5 Å². The normalized spacial score (nSPS) is 19.4. The predicted octanol–water partition coefficient (Wildman–Crippen LogP) is 3.91. The summed E-state index contributed by atoms with van der Waals surface area (Å²) in [6, 6.07) is 1.96. The van der Waals surface area contributed by atoms with Crippen LogP contribution in [0, 0.1) is 19.8 Å². The van der Waals surface area contributed by atoms with E-state index in [-0.39, 0.29) is 24.7 Å². The van der Waals surface area contributed by atoms with Gasteiger partial charge in [0.2, 0.25) is 5.95 Å². The van der Waals surface area contributed by atoms with Crippen LogP contribution in [0.15, 0.2) is 12.3 Å². The lowest BCUT2D eigenvalue weighted by Gasteiger charge is -2.19. The molecule has 8 nitrogen and oxygen atoms in total. The molecule has 0 aliphatic heterocycles. The Balaban J connectivity index is 1.68. The van der Waals surface area contributed by atoms with Crippen LogP contribution < -0.4 is 10.6 Å². The number of pyridine rings is 1. The fourth-order valence-electron chi connectivity index (χ4n) is 4.20. The maximum absolute atomic E-state index is 10.2. The van der Waals surface area contributed by atoms with Crippen molar-refractivity contribution in [2.45, 2.75) is 65.0 Å². The highest BCUT2D eigenvalue weighted by Crippen LogP contribution is 2.37. The third-order valence-corrected chi connectivity index (χ3v) is 7.31. The molecule has 0 saturated heterocycles. The van der Waals surface area contributed by atoms with Gasteiger partial charge in [-0.2, -0.15) is 4.98 Å². The van der Waals surface area contributed by atoms with Crippen molar-refractivity contribution in [1.29, 1.82) is 0 Å². The minimum Gasteiger partial charge on any atom is -0.396 e. The van der Waals surface area contributed by atoms with Gasteiger partial charge in [0.25, 0.3) is 0 Å². The van der Waals surface area contributed by atoms with Crippen molar-refractivity contribution >= 4 is 33.3 Å². The number of nitrogens with zero attached hydrogens (tertiary/aromatic N) is 4. The topological polar surface area (TPSA) is 116 Å². The molecule has 1 aliphatic carbocycles. The van der Waals surface area contributed by atoms with E-state index in [1.807, 2.05) is 26.1 Å². The van der Waals surface area contributed by atoms with Gasteiger partial charge in [0.1, 0.15) is 16.3 Å². The molecular weight excluding hydrogens is 424 g/mol. The molecule has 172 valence electrons. The van der Waals surface area contributed by atoms with Crippen LogP contribution in [0.5, 0.6) is 0 Å². The zero-order valence-corrected chi connectivity index (χ0v) is 19.7. The summed E-state index contributed by atoms with van der Waals surface area (Å²) in [6.45, 7) is 6.91. The van der Waals surface area contributed by atoms with Gasteiger partial charge in [-0.15, -0.1) is 11.3 Å². The molecule has 4 N–H and O–H groups in total. The number of nitrogens with one attached hydrogen (secondary N) is 2. The van der Waals surface area contributed by atoms with Gasteiger partial charge in [0.15, 0.2) is 0 Å². The molecule has 0 amide bonds. The first kappa shape index (κ1) is 22.8. The molecule has 0 bridgehead atoms. The molecule has 32 heavy (non-hydrogen) atoms. The monoisotopic (exact) mass is 456 g/mol. The molecule has 1 aliphatic rings.